The molecule has 0 saturated heterocycles. The summed E-state index contributed by atoms with van der Waals surface area (Å²) >= 11 is 0. The van der Waals surface area contributed by atoms with E-state index >= 15 is 0 Å². The second-order valence-electron chi connectivity index (χ2n) is 5.11. The van der Waals surface area contributed by atoms with Crippen molar-refractivity contribution in [2.75, 3.05) is 13.7 Å². The van der Waals surface area contributed by atoms with Gasteiger partial charge in [-0.05, 0) is 37.1 Å². The number of hydrogen-bond acceptors (Lipinski definition) is 3. The second-order valence-corrected chi connectivity index (χ2v) is 5.11. The molecule has 0 bridgehead atoms. The number of phenolic OH excluding ortho intramolecular Hbond substituents is 1. The third-order valence-electron chi connectivity index (χ3n) is 3.81. The Kier molecular flexibility index (Phi) is 4.88. The fourth-order valence-corrected chi connectivity index (χ4v) is 2.66. The van der Waals surface area contributed by atoms with Crippen molar-refractivity contribution in [2.45, 2.75) is 38.6 Å². The topological polar surface area (TPSA) is 41.5 Å². The van der Waals surface area contributed by atoms with Gasteiger partial charge in [-0.1, -0.05) is 25.7 Å². The molecule has 1 aliphatic rings. The van der Waals surface area contributed by atoms with Crippen LogP contribution in [0.2, 0.25) is 0 Å². The Morgan fingerprint density at radius 1 is 1.33 bits per heavy atom. The molecule has 0 spiro atoms. The molecular weight excluding hydrogens is 226 g/mol. The van der Waals surface area contributed by atoms with Crippen LogP contribution in [0.4, 0.5) is 0 Å². The fraction of sp³-hybridized carbons (Fsp3) is 0.600. The number of benzene rings is 1. The van der Waals surface area contributed by atoms with Crippen molar-refractivity contribution in [2.24, 2.45) is 5.92 Å². The predicted molar refractivity (Wildman–Crippen MR) is 72.9 cm³/mol. The average molecular weight is 249 g/mol. The third-order valence-corrected chi connectivity index (χ3v) is 3.81. The maximum Gasteiger partial charge on any atom is 0.120 e. The molecule has 1 fully saturated rings. The van der Waals surface area contributed by atoms with Crippen LogP contribution in [0.15, 0.2) is 18.2 Å². The van der Waals surface area contributed by atoms with E-state index < -0.39 is 0 Å². The molecule has 0 amide bonds. The number of phenols is 1. The van der Waals surface area contributed by atoms with Crippen LogP contribution in [0, 0.1) is 5.92 Å². The minimum atomic E-state index is 0.337. The van der Waals surface area contributed by atoms with Gasteiger partial charge in [0.05, 0.1) is 7.11 Å². The molecule has 0 radical (unpaired) electrons. The first-order valence-electron chi connectivity index (χ1n) is 6.86. The van der Waals surface area contributed by atoms with Crippen LogP contribution in [0.25, 0.3) is 0 Å². The van der Waals surface area contributed by atoms with Gasteiger partial charge in [0.1, 0.15) is 11.5 Å². The molecule has 0 atom stereocenters. The molecule has 1 aliphatic carbocycles. The first-order chi connectivity index (χ1) is 8.79. The van der Waals surface area contributed by atoms with Crippen molar-refractivity contribution in [1.29, 1.82) is 0 Å². The van der Waals surface area contributed by atoms with Crippen LogP contribution < -0.4 is 10.1 Å². The van der Waals surface area contributed by atoms with Gasteiger partial charge in [-0.2, -0.15) is 0 Å². The summed E-state index contributed by atoms with van der Waals surface area (Å²) in [5.41, 5.74) is 0.903. The standard InChI is InChI=1S/C15H23NO2/c1-18-14-6-7-15(17)13(10-14)11-16-9-8-12-4-2-3-5-12/h6-7,10,12,16-17H,2-5,8-9,11H2,1H3. The first-order valence-corrected chi connectivity index (χ1v) is 6.86. The Bertz CT molecular complexity index is 373. The Morgan fingerprint density at radius 3 is 2.83 bits per heavy atom. The molecule has 1 saturated carbocycles. The van der Waals surface area contributed by atoms with E-state index in [-0.39, 0.29) is 0 Å². The van der Waals surface area contributed by atoms with E-state index in [1.54, 1.807) is 19.2 Å². The number of ether oxygens (including phenoxy) is 1. The molecule has 0 aliphatic heterocycles. The van der Waals surface area contributed by atoms with Crippen LogP contribution in [0.1, 0.15) is 37.7 Å². The maximum absolute atomic E-state index is 9.75. The third kappa shape index (κ3) is 3.64. The van der Waals surface area contributed by atoms with Gasteiger partial charge in [-0.3, -0.25) is 0 Å². The molecule has 2 N–H and O–H groups in total. The van der Waals surface area contributed by atoms with Crippen molar-refractivity contribution in [1.82, 2.24) is 5.32 Å². The van der Waals surface area contributed by atoms with Crippen LogP contribution in [0.5, 0.6) is 11.5 Å². The number of nitrogens with one attached hydrogen (secondary N) is 1. The highest BCUT2D eigenvalue weighted by Crippen LogP contribution is 2.27. The van der Waals surface area contributed by atoms with Crippen molar-refractivity contribution < 1.29 is 9.84 Å². The summed E-state index contributed by atoms with van der Waals surface area (Å²) < 4.78 is 5.16. The lowest BCUT2D eigenvalue weighted by molar-refractivity contribution is 0.409. The van der Waals surface area contributed by atoms with Gasteiger partial charge in [0.25, 0.3) is 0 Å². The van der Waals surface area contributed by atoms with Crippen molar-refractivity contribution in [3.8, 4) is 11.5 Å². The van der Waals surface area contributed by atoms with E-state index in [1.807, 2.05) is 6.07 Å². The number of methoxy groups -OCH3 is 1. The predicted octanol–water partition coefficient (Wildman–Crippen LogP) is 3.07. The Labute approximate surface area is 109 Å². The zero-order chi connectivity index (χ0) is 12.8. The lowest BCUT2D eigenvalue weighted by Crippen LogP contribution is -2.17. The van der Waals surface area contributed by atoms with Crippen LogP contribution in [-0.2, 0) is 6.54 Å². The van der Waals surface area contributed by atoms with Gasteiger partial charge in [-0.25, -0.2) is 0 Å². The summed E-state index contributed by atoms with van der Waals surface area (Å²) in [7, 11) is 1.64. The second kappa shape index (κ2) is 6.64. The highest BCUT2D eigenvalue weighted by molar-refractivity contribution is 5.39. The van der Waals surface area contributed by atoms with Crippen molar-refractivity contribution in [3.05, 3.63) is 23.8 Å². The van der Waals surface area contributed by atoms with Crippen molar-refractivity contribution >= 4 is 0 Å². The minimum absolute atomic E-state index is 0.337. The van der Waals surface area contributed by atoms with E-state index in [0.29, 0.717) is 12.3 Å². The largest absolute Gasteiger partial charge is 0.508 e. The molecular formula is C15H23NO2. The monoisotopic (exact) mass is 249 g/mol. The lowest BCUT2D eigenvalue weighted by atomic mass is 10.0. The van der Waals surface area contributed by atoms with Gasteiger partial charge < -0.3 is 15.2 Å². The fourth-order valence-electron chi connectivity index (χ4n) is 2.66. The quantitative estimate of drug-likeness (QED) is 0.761. The number of rotatable bonds is 6. The summed E-state index contributed by atoms with van der Waals surface area (Å²) in [6.07, 6.45) is 6.85. The summed E-state index contributed by atoms with van der Waals surface area (Å²) in [6.45, 7) is 1.73. The molecule has 3 heteroatoms. The SMILES string of the molecule is COc1ccc(O)c(CNCCC2CCCC2)c1. The highest BCUT2D eigenvalue weighted by atomic mass is 16.5. The summed E-state index contributed by atoms with van der Waals surface area (Å²) in [4.78, 5) is 0. The Balaban J connectivity index is 1.75. The van der Waals surface area contributed by atoms with E-state index in [9.17, 15) is 5.11 Å². The van der Waals surface area contributed by atoms with Gasteiger partial charge in [-0.15, -0.1) is 0 Å². The van der Waals surface area contributed by atoms with Crippen LogP contribution in [-0.4, -0.2) is 18.8 Å². The highest BCUT2D eigenvalue weighted by Gasteiger charge is 2.14. The number of hydrogen-bond donors (Lipinski definition) is 2. The van der Waals surface area contributed by atoms with Crippen molar-refractivity contribution in [3.63, 3.8) is 0 Å². The molecule has 2 rings (SSSR count). The van der Waals surface area contributed by atoms with Gasteiger partial charge in [0, 0.05) is 12.1 Å². The average Bonchev–Trinajstić information content (AvgIpc) is 2.89. The van der Waals surface area contributed by atoms with Crippen LogP contribution in [0.3, 0.4) is 0 Å². The molecule has 0 heterocycles. The smallest absolute Gasteiger partial charge is 0.120 e. The van der Waals surface area contributed by atoms with Gasteiger partial charge in [0.15, 0.2) is 0 Å². The molecule has 100 valence electrons. The molecule has 1 aromatic carbocycles. The van der Waals surface area contributed by atoms with E-state index in [2.05, 4.69) is 5.32 Å². The first kappa shape index (κ1) is 13.2. The van der Waals surface area contributed by atoms with E-state index in [0.717, 1.165) is 23.8 Å². The van der Waals surface area contributed by atoms with Gasteiger partial charge in [0.2, 0.25) is 0 Å². The van der Waals surface area contributed by atoms with E-state index in [1.165, 1.54) is 32.1 Å². The Morgan fingerprint density at radius 2 is 2.11 bits per heavy atom. The molecule has 3 nitrogen and oxygen atoms in total. The molecule has 0 aromatic heterocycles. The number of aromatic hydroxyl groups is 1. The van der Waals surface area contributed by atoms with Gasteiger partial charge >= 0.3 is 0 Å². The summed E-state index contributed by atoms with van der Waals surface area (Å²) in [5.74, 6) is 2.04. The van der Waals surface area contributed by atoms with Crippen LogP contribution >= 0.6 is 0 Å². The summed E-state index contributed by atoms with van der Waals surface area (Å²) in [5, 5.41) is 13.2. The Hall–Kier alpha value is -1.22. The minimum Gasteiger partial charge on any atom is -0.508 e. The molecule has 1 aromatic rings. The summed E-state index contributed by atoms with van der Waals surface area (Å²) in [6, 6.07) is 5.35. The normalized spacial score (nSPS) is 16.1. The lowest BCUT2D eigenvalue weighted by Gasteiger charge is -2.11. The zero-order valence-electron chi connectivity index (χ0n) is 11.1. The molecule has 0 unspecified atom stereocenters. The van der Waals surface area contributed by atoms with E-state index in [4.69, 9.17) is 4.74 Å². The maximum atomic E-state index is 9.75. The molecule has 18 heavy (non-hydrogen) atoms. The zero-order valence-corrected chi connectivity index (χ0v) is 11.1.